The second kappa shape index (κ2) is 11.8. The van der Waals surface area contributed by atoms with Crippen molar-refractivity contribution >= 4 is 40.0 Å². The van der Waals surface area contributed by atoms with Crippen LogP contribution < -0.4 is 25.2 Å². The number of aliphatic imine (C=N–C) groups is 1. The van der Waals surface area contributed by atoms with Gasteiger partial charge in [-0.1, -0.05) is 12.1 Å². The molecule has 0 fully saturated rings. The van der Waals surface area contributed by atoms with Crippen molar-refractivity contribution in [3.63, 3.8) is 0 Å². The number of rotatable bonds is 8. The molecule has 10 heteroatoms. The quantitative estimate of drug-likeness (QED) is 0.272. The molecule has 0 aliphatic carbocycles. The molecule has 0 saturated carbocycles. The number of nitrogens with zero attached hydrogens (tertiary/aromatic N) is 1. The van der Waals surface area contributed by atoms with Crippen molar-refractivity contribution in [3.8, 4) is 11.5 Å². The summed E-state index contributed by atoms with van der Waals surface area (Å²) in [6.45, 7) is 3.59. The molecule has 0 bridgehead atoms. The largest absolute Gasteiger partial charge is 0.497 e. The van der Waals surface area contributed by atoms with Gasteiger partial charge in [0.2, 0.25) is 10.0 Å². The van der Waals surface area contributed by atoms with Crippen molar-refractivity contribution in [2.75, 3.05) is 20.8 Å². The molecular formula is C19H27IN4O4S. The van der Waals surface area contributed by atoms with Gasteiger partial charge in [0.15, 0.2) is 5.96 Å². The summed E-state index contributed by atoms with van der Waals surface area (Å²) >= 11 is 0. The fourth-order valence-corrected chi connectivity index (χ4v) is 2.99. The zero-order chi connectivity index (χ0) is 20.6. The molecule has 0 aliphatic rings. The number of primary sulfonamides is 1. The van der Waals surface area contributed by atoms with E-state index in [0.717, 1.165) is 22.6 Å². The second-order valence-corrected chi connectivity index (χ2v) is 7.48. The first kappa shape index (κ1) is 25.0. The van der Waals surface area contributed by atoms with E-state index in [4.69, 9.17) is 14.6 Å². The summed E-state index contributed by atoms with van der Waals surface area (Å²) in [6, 6.07) is 12.0. The van der Waals surface area contributed by atoms with Gasteiger partial charge in [-0.3, -0.25) is 0 Å². The lowest BCUT2D eigenvalue weighted by Gasteiger charge is -2.14. The Morgan fingerprint density at radius 1 is 1.07 bits per heavy atom. The standard InChI is InChI=1S/C19H26N4O4S.HI/c1-4-21-19(22-12-14-5-9-17(10-6-14)28(20,24)25)23-13-15-7-8-16(26-2)11-18(15)27-3;/h5-11H,4,12-13H2,1-3H3,(H2,20,24,25)(H2,21,22,23);1H. The van der Waals surface area contributed by atoms with Crippen LogP contribution in [0.15, 0.2) is 52.4 Å². The fourth-order valence-electron chi connectivity index (χ4n) is 2.47. The van der Waals surface area contributed by atoms with Crippen LogP contribution in [0.25, 0.3) is 0 Å². The second-order valence-electron chi connectivity index (χ2n) is 5.92. The molecule has 0 amide bonds. The molecule has 0 radical (unpaired) electrons. The lowest BCUT2D eigenvalue weighted by molar-refractivity contribution is 0.390. The number of nitrogens with one attached hydrogen (secondary N) is 2. The van der Waals surface area contributed by atoms with E-state index in [9.17, 15) is 8.42 Å². The van der Waals surface area contributed by atoms with Crippen molar-refractivity contribution in [3.05, 3.63) is 53.6 Å². The average Bonchev–Trinajstić information content (AvgIpc) is 2.69. The van der Waals surface area contributed by atoms with Crippen LogP contribution in [-0.4, -0.2) is 35.1 Å². The Bertz CT molecular complexity index is 918. The molecule has 29 heavy (non-hydrogen) atoms. The summed E-state index contributed by atoms with van der Waals surface area (Å²) < 4.78 is 33.3. The molecule has 2 aromatic rings. The number of hydrogen-bond donors (Lipinski definition) is 3. The van der Waals surface area contributed by atoms with Gasteiger partial charge in [-0.2, -0.15) is 0 Å². The van der Waals surface area contributed by atoms with Crippen molar-refractivity contribution in [1.29, 1.82) is 0 Å². The minimum atomic E-state index is -3.69. The highest BCUT2D eigenvalue weighted by atomic mass is 127. The van der Waals surface area contributed by atoms with Crippen LogP contribution in [0.1, 0.15) is 18.1 Å². The van der Waals surface area contributed by atoms with E-state index in [2.05, 4.69) is 15.6 Å². The van der Waals surface area contributed by atoms with Gasteiger partial charge < -0.3 is 20.1 Å². The van der Waals surface area contributed by atoms with Crippen LogP contribution in [0, 0.1) is 0 Å². The number of hydrogen-bond acceptors (Lipinski definition) is 5. The van der Waals surface area contributed by atoms with Crippen LogP contribution in [-0.2, 0) is 23.1 Å². The molecule has 8 nitrogen and oxygen atoms in total. The summed E-state index contributed by atoms with van der Waals surface area (Å²) in [5.74, 6) is 2.08. The highest BCUT2D eigenvalue weighted by molar-refractivity contribution is 14.0. The van der Waals surface area contributed by atoms with Crippen LogP contribution in [0.2, 0.25) is 0 Å². The van der Waals surface area contributed by atoms with Gasteiger partial charge in [-0.25, -0.2) is 18.5 Å². The first-order valence-corrected chi connectivity index (χ1v) is 10.3. The van der Waals surface area contributed by atoms with Gasteiger partial charge in [-0.05, 0) is 36.8 Å². The molecule has 0 heterocycles. The molecule has 0 aliphatic heterocycles. The Morgan fingerprint density at radius 3 is 2.31 bits per heavy atom. The van der Waals surface area contributed by atoms with E-state index in [1.807, 2.05) is 25.1 Å². The Morgan fingerprint density at radius 2 is 1.76 bits per heavy atom. The third kappa shape index (κ3) is 7.71. The number of methoxy groups -OCH3 is 2. The lowest BCUT2D eigenvalue weighted by atomic mass is 10.2. The fraction of sp³-hybridized carbons (Fsp3) is 0.316. The Kier molecular flexibility index (Phi) is 10.2. The third-order valence-corrected chi connectivity index (χ3v) is 4.89. The summed E-state index contributed by atoms with van der Waals surface area (Å²) in [6.07, 6.45) is 0. The monoisotopic (exact) mass is 534 g/mol. The summed E-state index contributed by atoms with van der Waals surface area (Å²) in [5.41, 5.74) is 1.83. The summed E-state index contributed by atoms with van der Waals surface area (Å²) in [4.78, 5) is 4.61. The van der Waals surface area contributed by atoms with E-state index in [-0.39, 0.29) is 28.9 Å². The topological polar surface area (TPSA) is 115 Å². The number of benzene rings is 2. The van der Waals surface area contributed by atoms with Crippen molar-refractivity contribution in [2.24, 2.45) is 10.1 Å². The van der Waals surface area contributed by atoms with E-state index >= 15 is 0 Å². The highest BCUT2D eigenvalue weighted by Crippen LogP contribution is 2.24. The normalized spacial score (nSPS) is 11.4. The van der Waals surface area contributed by atoms with Crippen molar-refractivity contribution < 1.29 is 17.9 Å². The smallest absolute Gasteiger partial charge is 0.238 e. The van der Waals surface area contributed by atoms with Gasteiger partial charge in [0.1, 0.15) is 11.5 Å². The Balaban J connectivity index is 0.00000420. The minimum Gasteiger partial charge on any atom is -0.497 e. The maximum absolute atomic E-state index is 11.3. The van der Waals surface area contributed by atoms with Crippen LogP contribution >= 0.6 is 24.0 Å². The third-order valence-electron chi connectivity index (χ3n) is 3.96. The van der Waals surface area contributed by atoms with E-state index in [1.165, 1.54) is 12.1 Å². The van der Waals surface area contributed by atoms with E-state index in [1.54, 1.807) is 26.4 Å². The minimum absolute atomic E-state index is 0. The first-order valence-electron chi connectivity index (χ1n) is 8.72. The van der Waals surface area contributed by atoms with E-state index < -0.39 is 10.0 Å². The van der Waals surface area contributed by atoms with Gasteiger partial charge in [-0.15, -0.1) is 24.0 Å². The highest BCUT2D eigenvalue weighted by Gasteiger charge is 2.08. The van der Waals surface area contributed by atoms with Crippen LogP contribution in [0.4, 0.5) is 0 Å². The van der Waals surface area contributed by atoms with Gasteiger partial charge in [0, 0.05) is 24.7 Å². The van der Waals surface area contributed by atoms with E-state index in [0.29, 0.717) is 25.6 Å². The number of guanidine groups is 1. The Labute approximate surface area is 189 Å². The van der Waals surface area contributed by atoms with Gasteiger partial charge >= 0.3 is 0 Å². The first-order chi connectivity index (χ1) is 13.4. The molecule has 0 unspecified atom stereocenters. The van der Waals surface area contributed by atoms with Gasteiger partial charge in [0.05, 0.1) is 25.7 Å². The van der Waals surface area contributed by atoms with Gasteiger partial charge in [0.25, 0.3) is 0 Å². The average molecular weight is 534 g/mol. The molecule has 2 rings (SSSR count). The molecule has 0 atom stereocenters. The van der Waals surface area contributed by atoms with Crippen LogP contribution in [0.3, 0.4) is 0 Å². The molecule has 0 spiro atoms. The Hall–Kier alpha value is -2.05. The summed E-state index contributed by atoms with van der Waals surface area (Å²) in [5, 5.41) is 11.5. The molecule has 0 saturated heterocycles. The zero-order valence-corrected chi connectivity index (χ0v) is 19.8. The zero-order valence-electron chi connectivity index (χ0n) is 16.6. The predicted octanol–water partition coefficient (Wildman–Crippen LogP) is 2.22. The lowest BCUT2D eigenvalue weighted by Crippen LogP contribution is -2.36. The molecule has 160 valence electrons. The van der Waals surface area contributed by atoms with Crippen LogP contribution in [0.5, 0.6) is 11.5 Å². The summed E-state index contributed by atoms with van der Waals surface area (Å²) in [7, 11) is -0.469. The predicted molar refractivity (Wildman–Crippen MR) is 124 cm³/mol. The van der Waals surface area contributed by atoms with Crippen molar-refractivity contribution in [1.82, 2.24) is 10.6 Å². The maximum atomic E-state index is 11.3. The number of ether oxygens (including phenoxy) is 2. The molecule has 4 N–H and O–H groups in total. The number of halogens is 1. The SMILES string of the molecule is CCNC(=NCc1ccc(S(N)(=O)=O)cc1)NCc1ccc(OC)cc1OC.I. The molecule has 2 aromatic carbocycles. The van der Waals surface area contributed by atoms with Crippen molar-refractivity contribution in [2.45, 2.75) is 24.9 Å². The molecular weight excluding hydrogens is 507 g/mol. The molecule has 0 aromatic heterocycles. The maximum Gasteiger partial charge on any atom is 0.238 e. The number of sulfonamides is 1. The number of nitrogens with two attached hydrogens (primary N) is 1.